The summed E-state index contributed by atoms with van der Waals surface area (Å²) in [5.74, 6) is -0.709. The van der Waals surface area contributed by atoms with Crippen molar-refractivity contribution in [3.05, 3.63) is 11.9 Å². The minimum Gasteiger partial charge on any atom is -0.481 e. The number of thioether (sulfide) groups is 2. The van der Waals surface area contributed by atoms with Crippen molar-refractivity contribution < 1.29 is 9.90 Å². The van der Waals surface area contributed by atoms with Crippen LogP contribution in [0.3, 0.4) is 0 Å². The predicted molar refractivity (Wildman–Crippen MR) is 80.1 cm³/mol. The maximum absolute atomic E-state index is 10.7. The van der Waals surface area contributed by atoms with Crippen molar-refractivity contribution in [2.24, 2.45) is 0 Å². The number of imidazole rings is 1. The van der Waals surface area contributed by atoms with Gasteiger partial charge in [-0.3, -0.25) is 4.79 Å². The van der Waals surface area contributed by atoms with Crippen LogP contribution in [0.15, 0.2) is 11.4 Å². The Labute approximate surface area is 122 Å². The van der Waals surface area contributed by atoms with Crippen molar-refractivity contribution in [3.63, 3.8) is 0 Å². The Morgan fingerprint density at radius 3 is 2.74 bits per heavy atom. The van der Waals surface area contributed by atoms with E-state index in [0.717, 1.165) is 16.1 Å². The van der Waals surface area contributed by atoms with Gasteiger partial charge in [0.1, 0.15) is 0 Å². The Hall–Kier alpha value is -0.620. The van der Waals surface area contributed by atoms with Crippen molar-refractivity contribution in [2.45, 2.75) is 49.1 Å². The fraction of sp³-hybridized carbons (Fsp3) is 0.692. The third-order valence-electron chi connectivity index (χ3n) is 3.51. The molecule has 6 heteroatoms. The molecule has 2 rings (SSSR count). The molecule has 0 aliphatic heterocycles. The van der Waals surface area contributed by atoms with Crippen LogP contribution in [0.25, 0.3) is 0 Å². The largest absolute Gasteiger partial charge is 0.481 e. The van der Waals surface area contributed by atoms with Gasteiger partial charge in [-0.05, 0) is 38.9 Å². The molecule has 0 bridgehead atoms. The fourth-order valence-corrected chi connectivity index (χ4v) is 4.10. The fourth-order valence-electron chi connectivity index (χ4n) is 2.55. The highest BCUT2D eigenvalue weighted by atomic mass is 32.2. The van der Waals surface area contributed by atoms with Crippen molar-refractivity contribution in [2.75, 3.05) is 12.0 Å². The highest BCUT2D eigenvalue weighted by Gasteiger charge is 2.24. The van der Waals surface area contributed by atoms with Gasteiger partial charge in [0.2, 0.25) is 0 Å². The van der Waals surface area contributed by atoms with E-state index in [-0.39, 0.29) is 5.75 Å². The lowest BCUT2D eigenvalue weighted by Crippen LogP contribution is -2.19. The zero-order valence-electron chi connectivity index (χ0n) is 11.3. The van der Waals surface area contributed by atoms with Crippen molar-refractivity contribution in [1.82, 2.24) is 9.55 Å². The topological polar surface area (TPSA) is 55.1 Å². The first-order valence-corrected chi connectivity index (χ1v) is 8.80. The second-order valence-corrected chi connectivity index (χ2v) is 7.00. The van der Waals surface area contributed by atoms with Crippen LogP contribution >= 0.6 is 23.5 Å². The van der Waals surface area contributed by atoms with Gasteiger partial charge >= 0.3 is 5.97 Å². The minimum absolute atomic E-state index is 0.0800. The Bertz CT molecular complexity index is 440. The zero-order chi connectivity index (χ0) is 13.8. The van der Waals surface area contributed by atoms with E-state index in [1.807, 2.05) is 18.7 Å². The normalized spacial score (nSPS) is 23.5. The number of aromatic nitrogens is 2. The summed E-state index contributed by atoms with van der Waals surface area (Å²) in [6.45, 7) is 1.97. The van der Waals surface area contributed by atoms with E-state index in [1.54, 1.807) is 0 Å². The molecule has 0 atom stereocenters. The Balaban J connectivity index is 2.05. The van der Waals surface area contributed by atoms with Gasteiger partial charge in [0, 0.05) is 17.5 Å². The number of hydrogen-bond donors (Lipinski definition) is 1. The van der Waals surface area contributed by atoms with Crippen molar-refractivity contribution >= 4 is 29.5 Å². The van der Waals surface area contributed by atoms with Crippen LogP contribution in [0.1, 0.15) is 37.4 Å². The van der Waals surface area contributed by atoms with Gasteiger partial charge in [-0.2, -0.15) is 11.8 Å². The van der Waals surface area contributed by atoms with Gasteiger partial charge in [0.05, 0.1) is 11.4 Å². The van der Waals surface area contributed by atoms with Crippen LogP contribution < -0.4 is 0 Å². The van der Waals surface area contributed by atoms with Gasteiger partial charge in [-0.1, -0.05) is 11.8 Å². The Morgan fingerprint density at radius 2 is 2.16 bits per heavy atom. The van der Waals surface area contributed by atoms with E-state index >= 15 is 0 Å². The molecule has 1 aromatic heterocycles. The maximum atomic E-state index is 10.7. The van der Waals surface area contributed by atoms with Crippen LogP contribution in [-0.4, -0.2) is 37.9 Å². The second kappa shape index (κ2) is 6.70. The van der Waals surface area contributed by atoms with E-state index in [4.69, 9.17) is 5.11 Å². The molecule has 1 heterocycles. The Kier molecular flexibility index (Phi) is 5.21. The van der Waals surface area contributed by atoms with E-state index in [9.17, 15) is 4.79 Å². The lowest BCUT2D eigenvalue weighted by atomic mass is 9.95. The number of aliphatic carboxylic acids is 1. The average Bonchev–Trinajstić information content (AvgIpc) is 2.78. The van der Waals surface area contributed by atoms with Crippen molar-refractivity contribution in [1.29, 1.82) is 0 Å². The van der Waals surface area contributed by atoms with Crippen LogP contribution in [0, 0.1) is 6.92 Å². The number of nitrogens with zero attached hydrogens (tertiary/aromatic N) is 2. The molecule has 1 fully saturated rings. The van der Waals surface area contributed by atoms with E-state index in [2.05, 4.69) is 22.0 Å². The molecule has 4 nitrogen and oxygen atoms in total. The summed E-state index contributed by atoms with van der Waals surface area (Å²) in [5, 5.41) is 10.4. The molecule has 0 aromatic carbocycles. The first-order chi connectivity index (χ1) is 9.10. The van der Waals surface area contributed by atoms with Crippen molar-refractivity contribution in [3.8, 4) is 0 Å². The molecular formula is C13H20N2O2S2. The second-order valence-electron chi connectivity index (χ2n) is 4.92. The van der Waals surface area contributed by atoms with Gasteiger partial charge < -0.3 is 9.67 Å². The molecule has 1 aliphatic carbocycles. The summed E-state index contributed by atoms with van der Waals surface area (Å²) < 4.78 is 2.19. The first-order valence-electron chi connectivity index (χ1n) is 6.53. The molecule has 0 saturated heterocycles. The summed E-state index contributed by atoms with van der Waals surface area (Å²) in [5.41, 5.74) is 0.972. The molecule has 0 spiro atoms. The number of carbonyl (C=O) groups is 1. The summed E-state index contributed by atoms with van der Waals surface area (Å²) >= 11 is 3.28. The van der Waals surface area contributed by atoms with E-state index in [1.165, 1.54) is 37.4 Å². The van der Waals surface area contributed by atoms with Gasteiger partial charge in [0.25, 0.3) is 0 Å². The molecular weight excluding hydrogens is 280 g/mol. The minimum atomic E-state index is -0.789. The smallest absolute Gasteiger partial charge is 0.313 e. The molecule has 1 saturated carbocycles. The monoisotopic (exact) mass is 300 g/mol. The van der Waals surface area contributed by atoms with Crippen LogP contribution in [0.5, 0.6) is 0 Å². The number of rotatable bonds is 5. The van der Waals surface area contributed by atoms with Crippen LogP contribution in [0.2, 0.25) is 0 Å². The van der Waals surface area contributed by atoms with Gasteiger partial charge in [-0.25, -0.2) is 4.98 Å². The molecule has 1 N–H and O–H groups in total. The highest BCUT2D eigenvalue weighted by molar-refractivity contribution is 7.99. The van der Waals surface area contributed by atoms with Crippen LogP contribution in [-0.2, 0) is 4.79 Å². The molecule has 1 aromatic rings. The van der Waals surface area contributed by atoms with E-state index in [0.29, 0.717) is 6.04 Å². The molecule has 0 unspecified atom stereocenters. The quantitative estimate of drug-likeness (QED) is 0.846. The van der Waals surface area contributed by atoms with Gasteiger partial charge in [0.15, 0.2) is 5.16 Å². The number of carboxylic acids is 1. The van der Waals surface area contributed by atoms with Crippen LogP contribution in [0.4, 0.5) is 0 Å². The first kappa shape index (κ1) is 14.8. The molecule has 1 aliphatic rings. The zero-order valence-corrected chi connectivity index (χ0v) is 13.0. The summed E-state index contributed by atoms with van der Waals surface area (Å²) in [4.78, 5) is 15.1. The third kappa shape index (κ3) is 3.92. The lowest BCUT2D eigenvalue weighted by Gasteiger charge is -2.29. The molecule has 0 amide bonds. The Morgan fingerprint density at radius 1 is 1.47 bits per heavy atom. The standard InChI is InChI=1S/C13H20N2O2S2/c1-9-7-15(13(14-9)19-8-12(16)17)10-3-5-11(18-2)6-4-10/h7,10-11H,3-6,8H2,1-2H3,(H,16,17). The summed E-state index contributed by atoms with van der Waals surface area (Å²) in [6, 6.07) is 0.487. The SMILES string of the molecule is CSC1CCC(n2cc(C)nc2SCC(=O)O)CC1. The highest BCUT2D eigenvalue weighted by Crippen LogP contribution is 2.35. The summed E-state index contributed by atoms with van der Waals surface area (Å²) in [6.07, 6.45) is 9.07. The number of aryl methyl sites for hydroxylation is 1. The predicted octanol–water partition coefficient (Wildman–Crippen LogP) is 3.21. The lowest BCUT2D eigenvalue weighted by molar-refractivity contribution is -0.133. The maximum Gasteiger partial charge on any atom is 0.313 e. The number of hydrogen-bond acceptors (Lipinski definition) is 4. The third-order valence-corrected chi connectivity index (χ3v) is 5.60. The molecule has 106 valence electrons. The summed E-state index contributed by atoms with van der Waals surface area (Å²) in [7, 11) is 0. The molecule has 19 heavy (non-hydrogen) atoms. The number of carboxylic acid groups (broad SMARTS) is 1. The van der Waals surface area contributed by atoms with Gasteiger partial charge in [-0.15, -0.1) is 0 Å². The van der Waals surface area contributed by atoms with E-state index < -0.39 is 5.97 Å². The molecule has 0 radical (unpaired) electrons. The average molecular weight is 300 g/mol.